The van der Waals surface area contributed by atoms with Crippen LogP contribution in [0.25, 0.3) is 0 Å². The first-order valence-corrected chi connectivity index (χ1v) is 7.84. The van der Waals surface area contributed by atoms with E-state index in [1.54, 1.807) is 18.2 Å². The molecule has 2 rings (SSSR count). The van der Waals surface area contributed by atoms with Gasteiger partial charge in [-0.2, -0.15) is 0 Å². The summed E-state index contributed by atoms with van der Waals surface area (Å²) in [7, 11) is 0. The summed E-state index contributed by atoms with van der Waals surface area (Å²) in [6.07, 6.45) is 0. The largest absolute Gasteiger partial charge is 0.324 e. The fraction of sp³-hybridized carbons (Fsp3) is 0.133. The van der Waals surface area contributed by atoms with Crippen molar-refractivity contribution in [2.75, 3.05) is 11.9 Å². The Morgan fingerprint density at radius 3 is 2.67 bits per heavy atom. The van der Waals surface area contributed by atoms with Crippen molar-refractivity contribution in [3.63, 3.8) is 0 Å². The maximum Gasteiger partial charge on any atom is 0.238 e. The van der Waals surface area contributed by atoms with Gasteiger partial charge in [0.1, 0.15) is 5.82 Å². The second kappa shape index (κ2) is 7.68. The van der Waals surface area contributed by atoms with E-state index in [-0.39, 0.29) is 24.8 Å². The summed E-state index contributed by atoms with van der Waals surface area (Å²) in [5.41, 5.74) is 1.22. The van der Waals surface area contributed by atoms with Crippen LogP contribution in [0, 0.1) is 5.82 Å². The van der Waals surface area contributed by atoms with E-state index in [2.05, 4.69) is 42.5 Å². The molecule has 2 aromatic carbocycles. The molecule has 0 aromatic heterocycles. The monoisotopic (exact) mass is 414 g/mol. The number of para-hydroxylation sites is 1. The molecule has 0 saturated carbocycles. The lowest BCUT2D eigenvalue weighted by atomic mass is 10.2. The van der Waals surface area contributed by atoms with Crippen molar-refractivity contribution < 1.29 is 9.18 Å². The molecule has 110 valence electrons. The Kier molecular flexibility index (Phi) is 5.90. The number of carbonyl (C=O) groups is 1. The van der Waals surface area contributed by atoms with Crippen molar-refractivity contribution in [1.29, 1.82) is 0 Å². The zero-order valence-electron chi connectivity index (χ0n) is 11.0. The molecule has 3 nitrogen and oxygen atoms in total. The number of hydrogen-bond acceptors (Lipinski definition) is 2. The maximum absolute atomic E-state index is 13.5. The highest BCUT2D eigenvalue weighted by molar-refractivity contribution is 9.10. The minimum Gasteiger partial charge on any atom is -0.324 e. The van der Waals surface area contributed by atoms with Gasteiger partial charge in [0, 0.05) is 21.1 Å². The molecule has 1 amide bonds. The van der Waals surface area contributed by atoms with Crippen LogP contribution in [0.1, 0.15) is 5.56 Å². The zero-order valence-corrected chi connectivity index (χ0v) is 14.2. The third-order valence-corrected chi connectivity index (χ3v) is 3.94. The van der Waals surface area contributed by atoms with Crippen LogP contribution in [0.4, 0.5) is 10.1 Å². The molecule has 0 radical (unpaired) electrons. The number of amides is 1. The molecule has 0 spiro atoms. The number of halogens is 3. The lowest BCUT2D eigenvalue weighted by molar-refractivity contribution is -0.115. The van der Waals surface area contributed by atoms with Gasteiger partial charge in [0.25, 0.3) is 0 Å². The molecule has 21 heavy (non-hydrogen) atoms. The summed E-state index contributed by atoms with van der Waals surface area (Å²) < 4.78 is 15.1. The number of nitrogens with one attached hydrogen (secondary N) is 2. The summed E-state index contributed by atoms with van der Waals surface area (Å²) in [6, 6.07) is 12.1. The summed E-state index contributed by atoms with van der Waals surface area (Å²) in [6.45, 7) is 0.391. The van der Waals surface area contributed by atoms with Gasteiger partial charge in [0.05, 0.1) is 12.2 Å². The van der Waals surface area contributed by atoms with Gasteiger partial charge in [0.15, 0.2) is 0 Å². The van der Waals surface area contributed by atoms with Gasteiger partial charge in [-0.1, -0.05) is 28.1 Å². The van der Waals surface area contributed by atoms with Crippen molar-refractivity contribution in [2.45, 2.75) is 6.54 Å². The second-order valence-corrected chi connectivity index (χ2v) is 6.14. The first-order valence-electron chi connectivity index (χ1n) is 6.25. The normalized spacial score (nSPS) is 10.4. The molecule has 0 heterocycles. The molecule has 0 saturated heterocycles. The predicted octanol–water partition coefficient (Wildman–Crippen LogP) is 4.08. The number of hydrogen-bond donors (Lipinski definition) is 2. The van der Waals surface area contributed by atoms with Crippen LogP contribution in [0.3, 0.4) is 0 Å². The zero-order chi connectivity index (χ0) is 15.2. The average Bonchev–Trinajstić information content (AvgIpc) is 2.45. The van der Waals surface area contributed by atoms with Gasteiger partial charge in [0.2, 0.25) is 5.91 Å². The maximum atomic E-state index is 13.5. The topological polar surface area (TPSA) is 41.1 Å². The van der Waals surface area contributed by atoms with Gasteiger partial charge in [-0.25, -0.2) is 4.39 Å². The van der Waals surface area contributed by atoms with Crippen LogP contribution in [0.2, 0.25) is 0 Å². The fourth-order valence-corrected chi connectivity index (χ4v) is 2.54. The first kappa shape index (κ1) is 16.1. The lowest BCUT2D eigenvalue weighted by Crippen LogP contribution is -2.28. The van der Waals surface area contributed by atoms with E-state index in [0.29, 0.717) is 11.3 Å². The average molecular weight is 416 g/mol. The number of anilines is 1. The van der Waals surface area contributed by atoms with E-state index >= 15 is 0 Å². The minimum atomic E-state index is -0.295. The lowest BCUT2D eigenvalue weighted by Gasteiger charge is -2.09. The third kappa shape index (κ3) is 4.91. The van der Waals surface area contributed by atoms with Crippen molar-refractivity contribution in [3.8, 4) is 0 Å². The predicted molar refractivity (Wildman–Crippen MR) is 88.6 cm³/mol. The van der Waals surface area contributed by atoms with Gasteiger partial charge in [-0.15, -0.1) is 0 Å². The molecule has 2 N–H and O–H groups in total. The molecular weight excluding hydrogens is 403 g/mol. The Labute approximate surface area is 139 Å². The van der Waals surface area contributed by atoms with Crippen LogP contribution in [-0.4, -0.2) is 12.5 Å². The molecule has 0 aliphatic carbocycles. The Bertz CT molecular complexity index is 649. The highest BCUT2D eigenvalue weighted by Gasteiger charge is 2.06. The van der Waals surface area contributed by atoms with E-state index in [1.807, 2.05) is 18.2 Å². The molecule has 0 unspecified atom stereocenters. The van der Waals surface area contributed by atoms with Crippen molar-refractivity contribution in [1.82, 2.24) is 5.32 Å². The van der Waals surface area contributed by atoms with Gasteiger partial charge < -0.3 is 10.6 Å². The molecule has 0 aliphatic heterocycles. The van der Waals surface area contributed by atoms with Crippen LogP contribution in [-0.2, 0) is 11.3 Å². The minimum absolute atomic E-state index is 0.104. The SMILES string of the molecule is O=C(CNCc1cc(Br)ccc1F)Nc1ccccc1Br. The quantitative estimate of drug-likeness (QED) is 0.772. The number of carbonyl (C=O) groups excluding carboxylic acids is 1. The highest BCUT2D eigenvalue weighted by atomic mass is 79.9. The molecule has 0 atom stereocenters. The Balaban J connectivity index is 1.85. The standard InChI is InChI=1S/C15H13Br2FN2O/c16-11-5-6-13(18)10(7-11)8-19-9-15(21)20-14-4-2-1-3-12(14)17/h1-7,19H,8-9H2,(H,20,21). The molecule has 6 heteroatoms. The van der Waals surface area contributed by atoms with Crippen molar-refractivity contribution in [3.05, 3.63) is 62.8 Å². The summed E-state index contributed by atoms with van der Waals surface area (Å²) in [5.74, 6) is -0.478. The van der Waals surface area contributed by atoms with E-state index in [4.69, 9.17) is 0 Å². The Hall–Kier alpha value is -1.24. The molecule has 0 fully saturated rings. The fourth-order valence-electron chi connectivity index (χ4n) is 1.75. The third-order valence-electron chi connectivity index (χ3n) is 2.76. The summed E-state index contributed by atoms with van der Waals surface area (Å²) >= 11 is 6.65. The summed E-state index contributed by atoms with van der Waals surface area (Å²) in [5, 5.41) is 5.69. The Morgan fingerprint density at radius 2 is 1.90 bits per heavy atom. The number of rotatable bonds is 5. The smallest absolute Gasteiger partial charge is 0.238 e. The van der Waals surface area contributed by atoms with Gasteiger partial charge >= 0.3 is 0 Å². The van der Waals surface area contributed by atoms with Crippen molar-refractivity contribution >= 4 is 43.5 Å². The van der Waals surface area contributed by atoms with Crippen LogP contribution in [0.15, 0.2) is 51.4 Å². The molecule has 2 aromatic rings. The van der Waals surface area contributed by atoms with Gasteiger partial charge in [-0.3, -0.25) is 4.79 Å². The van der Waals surface area contributed by atoms with Crippen LogP contribution < -0.4 is 10.6 Å². The van der Waals surface area contributed by atoms with E-state index in [9.17, 15) is 9.18 Å². The second-order valence-electron chi connectivity index (χ2n) is 4.37. The Morgan fingerprint density at radius 1 is 1.14 bits per heavy atom. The molecular formula is C15H13Br2FN2O. The van der Waals surface area contributed by atoms with E-state index < -0.39 is 0 Å². The van der Waals surface area contributed by atoms with E-state index in [0.717, 1.165) is 8.95 Å². The van der Waals surface area contributed by atoms with Crippen LogP contribution in [0.5, 0.6) is 0 Å². The number of benzene rings is 2. The molecule has 0 aliphatic rings. The van der Waals surface area contributed by atoms with Crippen molar-refractivity contribution in [2.24, 2.45) is 0 Å². The first-order chi connectivity index (χ1) is 10.1. The summed E-state index contributed by atoms with van der Waals surface area (Å²) in [4.78, 5) is 11.8. The molecule has 0 bridgehead atoms. The van der Waals surface area contributed by atoms with Gasteiger partial charge in [-0.05, 0) is 46.3 Å². The van der Waals surface area contributed by atoms with E-state index in [1.165, 1.54) is 6.07 Å². The highest BCUT2D eigenvalue weighted by Crippen LogP contribution is 2.20. The van der Waals surface area contributed by atoms with Crippen LogP contribution >= 0.6 is 31.9 Å².